The number of hydrogen-bond acceptors (Lipinski definition) is 5. The first-order valence-electron chi connectivity index (χ1n) is 8.12. The van der Waals surface area contributed by atoms with Crippen molar-refractivity contribution in [2.45, 2.75) is 13.5 Å². The van der Waals surface area contributed by atoms with E-state index in [1.807, 2.05) is 23.3 Å². The normalized spacial score (nSPS) is 13.6. The van der Waals surface area contributed by atoms with Gasteiger partial charge in [-0.1, -0.05) is 53.0 Å². The maximum absolute atomic E-state index is 6.32. The standard InChI is InChI=1S/C18H15BrCl2N6/c1-11-3-2-4-12(5-11)9-27-18(23-24-25-27)13-8-22-26(10-13)17-6-14(19)15(20)7-16(17)21/h2-8,10,24-25H,9H2,1H3. The van der Waals surface area contributed by atoms with Crippen LogP contribution in [0.25, 0.3) is 5.69 Å². The first kappa shape index (κ1) is 18.3. The van der Waals surface area contributed by atoms with Crippen LogP contribution >= 0.6 is 39.1 Å². The van der Waals surface area contributed by atoms with Crippen LogP contribution in [-0.4, -0.2) is 20.6 Å². The zero-order valence-corrected chi connectivity index (χ0v) is 17.3. The number of hydrazine groups is 2. The van der Waals surface area contributed by atoms with Crippen LogP contribution in [0.3, 0.4) is 0 Å². The molecule has 0 spiro atoms. The zero-order valence-electron chi connectivity index (χ0n) is 14.2. The van der Waals surface area contributed by atoms with Crippen molar-refractivity contribution in [1.29, 1.82) is 0 Å². The van der Waals surface area contributed by atoms with Crippen LogP contribution in [0, 0.1) is 6.92 Å². The van der Waals surface area contributed by atoms with Gasteiger partial charge in [-0.25, -0.2) is 10.2 Å². The fourth-order valence-electron chi connectivity index (χ4n) is 2.84. The summed E-state index contributed by atoms with van der Waals surface area (Å²) in [5.41, 5.74) is 9.82. The quantitative estimate of drug-likeness (QED) is 0.559. The minimum absolute atomic E-state index is 0.513. The van der Waals surface area contributed by atoms with Gasteiger partial charge in [0.1, 0.15) is 0 Å². The molecule has 0 aliphatic carbocycles. The lowest BCUT2D eigenvalue weighted by Crippen LogP contribution is -2.40. The Balaban J connectivity index is 1.60. The number of hydrogen-bond donors (Lipinski definition) is 2. The summed E-state index contributed by atoms with van der Waals surface area (Å²) in [6, 6.07) is 11.9. The van der Waals surface area contributed by atoms with Gasteiger partial charge in [0.25, 0.3) is 0 Å². The van der Waals surface area contributed by atoms with Crippen molar-refractivity contribution in [3.8, 4) is 5.69 Å². The van der Waals surface area contributed by atoms with Crippen molar-refractivity contribution in [3.63, 3.8) is 0 Å². The maximum Gasteiger partial charge on any atom is 0.176 e. The molecule has 0 bridgehead atoms. The Hall–Kier alpha value is -2.06. The Labute approximate surface area is 174 Å². The first-order chi connectivity index (χ1) is 13.0. The number of halogens is 3. The van der Waals surface area contributed by atoms with Crippen molar-refractivity contribution >= 4 is 45.0 Å². The van der Waals surface area contributed by atoms with Crippen molar-refractivity contribution in [2.24, 2.45) is 5.10 Å². The van der Waals surface area contributed by atoms with Crippen LogP contribution in [0.5, 0.6) is 0 Å². The van der Waals surface area contributed by atoms with Crippen LogP contribution in [0.2, 0.25) is 10.0 Å². The van der Waals surface area contributed by atoms with Crippen LogP contribution in [0.15, 0.2) is 58.4 Å². The number of aryl methyl sites for hydroxylation is 1. The molecule has 27 heavy (non-hydrogen) atoms. The Morgan fingerprint density at radius 3 is 2.81 bits per heavy atom. The number of amidine groups is 1. The van der Waals surface area contributed by atoms with E-state index < -0.39 is 0 Å². The molecule has 138 valence electrons. The highest BCUT2D eigenvalue weighted by molar-refractivity contribution is 9.10. The second-order valence-electron chi connectivity index (χ2n) is 6.13. The van der Waals surface area contributed by atoms with E-state index in [9.17, 15) is 0 Å². The maximum atomic E-state index is 6.32. The molecule has 4 rings (SSSR count). The molecule has 1 aromatic heterocycles. The second-order valence-corrected chi connectivity index (χ2v) is 7.79. The minimum Gasteiger partial charge on any atom is -0.266 e. The molecule has 0 saturated heterocycles. The Bertz CT molecular complexity index is 1030. The smallest absolute Gasteiger partial charge is 0.176 e. The van der Waals surface area contributed by atoms with Crippen molar-refractivity contribution in [3.05, 3.63) is 80.0 Å². The van der Waals surface area contributed by atoms with E-state index in [0.29, 0.717) is 16.6 Å². The molecule has 1 aliphatic heterocycles. The van der Waals surface area contributed by atoms with E-state index in [2.05, 4.69) is 62.3 Å². The summed E-state index contributed by atoms with van der Waals surface area (Å²) >= 11 is 15.8. The predicted molar refractivity (Wildman–Crippen MR) is 111 cm³/mol. The van der Waals surface area contributed by atoms with Gasteiger partial charge in [-0.05, 0) is 40.5 Å². The van der Waals surface area contributed by atoms with Gasteiger partial charge in [0.05, 0.1) is 34.0 Å². The number of aromatic nitrogens is 2. The molecule has 2 N–H and O–H groups in total. The number of rotatable bonds is 4. The largest absolute Gasteiger partial charge is 0.266 e. The van der Waals surface area contributed by atoms with E-state index in [1.165, 1.54) is 11.1 Å². The molecular weight excluding hydrogens is 451 g/mol. The molecule has 2 heterocycles. The molecule has 0 unspecified atom stereocenters. The SMILES string of the molecule is Cc1cccc(CN2NNN=C2c2cnn(-c3cc(Br)c(Cl)cc3Cl)c2)c1. The van der Waals surface area contributed by atoms with E-state index in [-0.39, 0.29) is 0 Å². The van der Waals surface area contributed by atoms with Crippen LogP contribution in [-0.2, 0) is 6.54 Å². The molecule has 0 amide bonds. The number of nitrogens with one attached hydrogen (secondary N) is 2. The summed E-state index contributed by atoms with van der Waals surface area (Å²) in [5.74, 6) is 0.743. The van der Waals surface area contributed by atoms with Gasteiger partial charge in [-0.2, -0.15) is 5.10 Å². The molecule has 0 radical (unpaired) electrons. The molecule has 0 fully saturated rings. The fourth-order valence-corrected chi connectivity index (χ4v) is 3.64. The Morgan fingerprint density at radius 1 is 1.15 bits per heavy atom. The van der Waals surface area contributed by atoms with Gasteiger partial charge in [0, 0.05) is 10.7 Å². The molecule has 0 saturated carbocycles. The molecular formula is C18H15BrCl2N6. The highest BCUT2D eigenvalue weighted by Gasteiger charge is 2.21. The summed E-state index contributed by atoms with van der Waals surface area (Å²) < 4.78 is 2.45. The Morgan fingerprint density at radius 2 is 2.00 bits per heavy atom. The topological polar surface area (TPSA) is 57.5 Å². The molecule has 0 atom stereocenters. The van der Waals surface area contributed by atoms with Crippen molar-refractivity contribution in [1.82, 2.24) is 25.9 Å². The van der Waals surface area contributed by atoms with Gasteiger partial charge in [-0.15, -0.1) is 10.6 Å². The lowest BCUT2D eigenvalue weighted by atomic mass is 10.1. The molecule has 2 aromatic carbocycles. The lowest BCUT2D eigenvalue weighted by molar-refractivity contribution is 0.288. The molecule has 6 nitrogen and oxygen atoms in total. The fraction of sp³-hybridized carbons (Fsp3) is 0.111. The first-order valence-corrected chi connectivity index (χ1v) is 9.67. The van der Waals surface area contributed by atoms with E-state index in [4.69, 9.17) is 23.2 Å². The number of nitrogens with zero attached hydrogens (tertiary/aromatic N) is 4. The second kappa shape index (κ2) is 7.52. The zero-order chi connectivity index (χ0) is 19.0. The highest BCUT2D eigenvalue weighted by atomic mass is 79.9. The Kier molecular flexibility index (Phi) is 5.10. The minimum atomic E-state index is 0.513. The van der Waals surface area contributed by atoms with Gasteiger partial charge in [0.15, 0.2) is 5.84 Å². The van der Waals surface area contributed by atoms with Gasteiger partial charge in [-0.3, -0.25) is 5.01 Å². The number of benzene rings is 2. The third kappa shape index (κ3) is 3.82. The monoisotopic (exact) mass is 464 g/mol. The summed E-state index contributed by atoms with van der Waals surface area (Å²) in [6.45, 7) is 2.73. The third-order valence-electron chi connectivity index (χ3n) is 4.10. The molecule has 1 aliphatic rings. The molecule has 9 heteroatoms. The van der Waals surface area contributed by atoms with Crippen LogP contribution in [0.4, 0.5) is 0 Å². The molecule has 3 aromatic rings. The van der Waals surface area contributed by atoms with Gasteiger partial charge < -0.3 is 0 Å². The van der Waals surface area contributed by atoms with Gasteiger partial charge in [0.2, 0.25) is 0 Å². The summed E-state index contributed by atoms with van der Waals surface area (Å²) in [7, 11) is 0. The van der Waals surface area contributed by atoms with E-state index in [0.717, 1.165) is 21.6 Å². The van der Waals surface area contributed by atoms with E-state index in [1.54, 1.807) is 16.9 Å². The van der Waals surface area contributed by atoms with E-state index >= 15 is 0 Å². The highest BCUT2D eigenvalue weighted by Crippen LogP contribution is 2.31. The summed E-state index contributed by atoms with van der Waals surface area (Å²) in [6.07, 6.45) is 3.62. The average molecular weight is 466 g/mol. The lowest BCUT2D eigenvalue weighted by Gasteiger charge is -2.18. The van der Waals surface area contributed by atoms with Crippen LogP contribution in [0.1, 0.15) is 16.7 Å². The summed E-state index contributed by atoms with van der Waals surface area (Å²) in [5, 5.41) is 11.7. The number of hydrazone groups is 1. The van der Waals surface area contributed by atoms with Crippen molar-refractivity contribution < 1.29 is 0 Å². The third-order valence-corrected chi connectivity index (χ3v) is 5.60. The van der Waals surface area contributed by atoms with Gasteiger partial charge >= 0.3 is 0 Å². The predicted octanol–water partition coefficient (Wildman–Crippen LogP) is 4.44. The van der Waals surface area contributed by atoms with Crippen molar-refractivity contribution in [2.75, 3.05) is 0 Å². The van der Waals surface area contributed by atoms with Crippen LogP contribution < -0.4 is 11.1 Å². The average Bonchev–Trinajstić information content (AvgIpc) is 3.27. The summed E-state index contributed by atoms with van der Waals surface area (Å²) in [4.78, 5) is 0.